The Hall–Kier alpha value is -6.15. The van der Waals surface area contributed by atoms with Crippen molar-refractivity contribution in [2.24, 2.45) is 0 Å². The van der Waals surface area contributed by atoms with Gasteiger partial charge in [0.2, 0.25) is 0 Å². The second kappa shape index (κ2) is 15.5. The molecule has 0 saturated carbocycles. The number of imidazole rings is 1. The van der Waals surface area contributed by atoms with Crippen LogP contribution in [-0.2, 0) is 25.4 Å². The fourth-order valence-corrected chi connectivity index (χ4v) is 8.31. The lowest BCUT2D eigenvalue weighted by Crippen LogP contribution is -2.46. The Morgan fingerprint density at radius 3 is 1.30 bits per heavy atom. The Bertz CT molecular complexity index is 2270. The summed E-state index contributed by atoms with van der Waals surface area (Å²) in [6.45, 7) is 0.0813. The third-order valence-corrected chi connectivity index (χ3v) is 10.9. The van der Waals surface area contributed by atoms with Crippen molar-refractivity contribution in [1.29, 1.82) is 0 Å². The predicted molar refractivity (Wildman–Crippen MR) is 219 cm³/mol. The second-order valence-corrected chi connectivity index (χ2v) is 14.1. The van der Waals surface area contributed by atoms with E-state index in [1.54, 1.807) is 6.33 Å². The minimum Gasteiger partial charge on any atom is -0.386 e. The van der Waals surface area contributed by atoms with Crippen molar-refractivity contribution < 1.29 is 19.3 Å². The molecule has 0 unspecified atom stereocenters. The number of nitrogens with zero attached hydrogens (tertiary/aromatic N) is 2. The lowest BCUT2D eigenvalue weighted by molar-refractivity contribution is -0.131. The first-order valence-electron chi connectivity index (χ1n) is 19.1. The largest absolute Gasteiger partial charge is 0.386 e. The van der Waals surface area contributed by atoms with Gasteiger partial charge in [0.1, 0.15) is 29.5 Å². The number of aliphatic hydroxyl groups excluding tert-OH is 1. The zero-order valence-electron chi connectivity index (χ0n) is 30.8. The lowest BCUT2D eigenvalue weighted by Gasteiger charge is -2.41. The molecule has 6 heteroatoms. The van der Waals surface area contributed by atoms with E-state index in [4.69, 9.17) is 14.2 Å². The number of fused-ring (bicyclic) bond motifs is 1. The van der Waals surface area contributed by atoms with E-state index in [2.05, 4.69) is 77.8 Å². The van der Waals surface area contributed by atoms with Crippen molar-refractivity contribution >= 4 is 11.0 Å². The molecule has 7 aromatic carbocycles. The minimum absolute atomic E-state index is 0.0813. The highest BCUT2D eigenvalue weighted by Gasteiger charge is 2.52. The van der Waals surface area contributed by atoms with Gasteiger partial charge in [0.15, 0.2) is 6.23 Å². The standard InChI is InChI=1S/C50H42N2O4/c53-46-47(56-50(40-27-13-4-14-28-40,41-29-15-5-16-30-41)42-31-17-6-18-32-42)45(55-48(46)52-36-51-43-33-19-20-34-44(43)52)35-54-49(37-21-7-1-8-22-37,38-23-9-2-10-24-38)39-25-11-3-12-26-39/h1-34,36,45-48,53H,35H2/t45-,46-,47-,48-/m1/s1. The first-order chi connectivity index (χ1) is 27.7. The Balaban J connectivity index is 1.21. The van der Waals surface area contributed by atoms with Gasteiger partial charge in [0.25, 0.3) is 0 Å². The van der Waals surface area contributed by atoms with Gasteiger partial charge >= 0.3 is 0 Å². The van der Waals surface area contributed by atoms with Gasteiger partial charge in [0.05, 0.1) is 24.0 Å². The average Bonchev–Trinajstić information content (AvgIpc) is 3.84. The van der Waals surface area contributed by atoms with Crippen LogP contribution in [0.5, 0.6) is 0 Å². The number of benzene rings is 7. The highest BCUT2D eigenvalue weighted by atomic mass is 16.6. The number of hydrogen-bond acceptors (Lipinski definition) is 5. The summed E-state index contributed by atoms with van der Waals surface area (Å²) in [4.78, 5) is 4.67. The van der Waals surface area contributed by atoms with Crippen LogP contribution in [0.1, 0.15) is 39.6 Å². The van der Waals surface area contributed by atoms with Gasteiger partial charge in [0, 0.05) is 0 Å². The maximum absolute atomic E-state index is 12.7. The maximum Gasteiger partial charge on any atom is 0.164 e. The van der Waals surface area contributed by atoms with Gasteiger partial charge in [-0.3, -0.25) is 0 Å². The van der Waals surface area contributed by atoms with Crippen LogP contribution in [0.4, 0.5) is 0 Å². The van der Waals surface area contributed by atoms with Crippen molar-refractivity contribution in [2.45, 2.75) is 35.7 Å². The van der Waals surface area contributed by atoms with Crippen molar-refractivity contribution in [3.63, 3.8) is 0 Å². The molecule has 9 rings (SSSR count). The third-order valence-electron chi connectivity index (χ3n) is 10.9. The summed E-state index contributed by atoms with van der Waals surface area (Å²) in [5, 5.41) is 12.7. The summed E-state index contributed by atoms with van der Waals surface area (Å²) >= 11 is 0. The molecule has 2 heterocycles. The second-order valence-electron chi connectivity index (χ2n) is 14.1. The van der Waals surface area contributed by atoms with E-state index in [0.717, 1.165) is 44.4 Å². The number of ether oxygens (including phenoxy) is 3. The Morgan fingerprint density at radius 1 is 0.500 bits per heavy atom. The molecule has 4 atom stereocenters. The number of para-hydroxylation sites is 2. The minimum atomic E-state index is -1.13. The van der Waals surface area contributed by atoms with Crippen LogP contribution in [-0.4, -0.2) is 39.6 Å². The van der Waals surface area contributed by atoms with E-state index in [-0.39, 0.29) is 6.61 Å². The quantitative estimate of drug-likeness (QED) is 0.127. The fraction of sp³-hybridized carbons (Fsp3) is 0.140. The molecule has 1 saturated heterocycles. The van der Waals surface area contributed by atoms with Crippen molar-refractivity contribution in [3.8, 4) is 0 Å². The zero-order chi connectivity index (χ0) is 37.8. The summed E-state index contributed by atoms with van der Waals surface area (Å²) in [7, 11) is 0. The summed E-state index contributed by atoms with van der Waals surface area (Å²) < 4.78 is 23.9. The molecular weight excluding hydrogens is 693 g/mol. The molecule has 276 valence electrons. The first-order valence-corrected chi connectivity index (χ1v) is 19.1. The predicted octanol–water partition coefficient (Wildman–Crippen LogP) is 9.68. The third kappa shape index (κ3) is 6.33. The van der Waals surface area contributed by atoms with E-state index in [0.29, 0.717) is 0 Å². The Labute approximate surface area is 327 Å². The molecule has 6 nitrogen and oxygen atoms in total. The van der Waals surface area contributed by atoms with Crippen molar-refractivity contribution in [3.05, 3.63) is 246 Å². The average molecular weight is 735 g/mol. The van der Waals surface area contributed by atoms with Gasteiger partial charge in [-0.05, 0) is 45.5 Å². The molecule has 0 bridgehead atoms. The molecule has 1 N–H and O–H groups in total. The van der Waals surface area contributed by atoms with Gasteiger partial charge in [-0.2, -0.15) is 0 Å². The molecule has 1 aromatic heterocycles. The highest BCUT2D eigenvalue weighted by molar-refractivity contribution is 5.75. The summed E-state index contributed by atoms with van der Waals surface area (Å²) in [5.74, 6) is 0. The maximum atomic E-state index is 12.7. The molecule has 0 radical (unpaired) electrons. The molecule has 0 spiro atoms. The van der Waals surface area contributed by atoms with Crippen LogP contribution in [0, 0.1) is 0 Å². The Morgan fingerprint density at radius 2 is 0.875 bits per heavy atom. The molecule has 8 aromatic rings. The van der Waals surface area contributed by atoms with Crippen LogP contribution in [0.2, 0.25) is 0 Å². The van der Waals surface area contributed by atoms with E-state index in [9.17, 15) is 5.11 Å². The van der Waals surface area contributed by atoms with Gasteiger partial charge in [-0.25, -0.2) is 4.98 Å². The summed E-state index contributed by atoms with van der Waals surface area (Å²) in [6.07, 6.45) is -1.80. The zero-order valence-corrected chi connectivity index (χ0v) is 30.8. The van der Waals surface area contributed by atoms with Gasteiger partial charge < -0.3 is 23.9 Å². The number of aliphatic hydroxyl groups is 1. The molecule has 1 fully saturated rings. The van der Waals surface area contributed by atoms with Crippen LogP contribution >= 0.6 is 0 Å². The SMILES string of the molecule is O[C@@H]1[C@H](OC(c2ccccc2)(c2ccccc2)c2ccccc2)[C@@H](COC(c2ccccc2)(c2ccccc2)c2ccccc2)O[C@H]1n1cnc2ccccc21. The van der Waals surface area contributed by atoms with E-state index in [1.165, 1.54) is 0 Å². The molecule has 1 aliphatic rings. The molecule has 0 amide bonds. The van der Waals surface area contributed by atoms with Gasteiger partial charge in [-0.15, -0.1) is 0 Å². The van der Waals surface area contributed by atoms with E-state index in [1.807, 2.05) is 138 Å². The number of aromatic nitrogens is 2. The van der Waals surface area contributed by atoms with Crippen LogP contribution < -0.4 is 0 Å². The molecule has 56 heavy (non-hydrogen) atoms. The number of rotatable bonds is 12. The van der Waals surface area contributed by atoms with Crippen molar-refractivity contribution in [1.82, 2.24) is 9.55 Å². The summed E-state index contributed by atoms with van der Waals surface area (Å²) in [6, 6.07) is 69.4. The normalized spacial score (nSPS) is 18.6. The van der Waals surface area contributed by atoms with Crippen molar-refractivity contribution in [2.75, 3.05) is 6.61 Å². The topological polar surface area (TPSA) is 65.7 Å². The lowest BCUT2D eigenvalue weighted by atomic mass is 9.79. The summed E-state index contributed by atoms with van der Waals surface area (Å²) in [5.41, 5.74) is 5.20. The molecular formula is C50H42N2O4. The molecule has 1 aliphatic heterocycles. The Kier molecular flexibility index (Phi) is 9.86. The monoisotopic (exact) mass is 734 g/mol. The fourth-order valence-electron chi connectivity index (χ4n) is 8.31. The van der Waals surface area contributed by atoms with Crippen LogP contribution in [0.3, 0.4) is 0 Å². The smallest absolute Gasteiger partial charge is 0.164 e. The van der Waals surface area contributed by atoms with E-state index >= 15 is 0 Å². The number of hydrogen-bond donors (Lipinski definition) is 1. The highest BCUT2D eigenvalue weighted by Crippen LogP contribution is 2.47. The first kappa shape index (κ1) is 35.5. The van der Waals surface area contributed by atoms with Crippen LogP contribution in [0.15, 0.2) is 213 Å². The van der Waals surface area contributed by atoms with E-state index < -0.39 is 35.7 Å². The van der Waals surface area contributed by atoms with Crippen LogP contribution in [0.25, 0.3) is 11.0 Å². The van der Waals surface area contributed by atoms with Gasteiger partial charge in [-0.1, -0.05) is 194 Å². The molecule has 0 aliphatic carbocycles.